The molecular weight excluding hydrogens is 294 g/mol. The minimum atomic E-state index is -0.190. The van der Waals surface area contributed by atoms with Crippen molar-refractivity contribution >= 4 is 27.6 Å². The van der Waals surface area contributed by atoms with Gasteiger partial charge in [0, 0.05) is 16.2 Å². The number of ether oxygens (including phenoxy) is 1. The largest absolute Gasteiger partial charge is 0.469 e. The van der Waals surface area contributed by atoms with Gasteiger partial charge < -0.3 is 10.1 Å². The number of hydrogen-bond donors (Lipinski definition) is 1. The second kappa shape index (κ2) is 6.78. The first-order valence-corrected chi connectivity index (χ1v) is 6.91. The molecule has 0 fully saturated rings. The molecular formula is C14H20BrNO2. The van der Waals surface area contributed by atoms with Gasteiger partial charge in [0.25, 0.3) is 0 Å². The third-order valence-electron chi connectivity index (χ3n) is 3.15. The summed E-state index contributed by atoms with van der Waals surface area (Å²) in [6.07, 6.45) is 0.946. The Bertz CT molecular complexity index is 420. The third-order valence-corrected chi connectivity index (χ3v) is 3.65. The number of aryl methyl sites for hydroxylation is 1. The van der Waals surface area contributed by atoms with E-state index < -0.39 is 0 Å². The number of halogens is 1. The minimum absolute atomic E-state index is 0.0314. The smallest absolute Gasteiger partial charge is 0.310 e. The molecule has 0 heterocycles. The van der Waals surface area contributed by atoms with Crippen molar-refractivity contribution in [2.45, 2.75) is 33.2 Å². The quantitative estimate of drug-likeness (QED) is 0.844. The minimum Gasteiger partial charge on any atom is -0.469 e. The average Bonchev–Trinajstić information content (AvgIpc) is 2.38. The number of nitrogens with one attached hydrogen (secondary N) is 1. The number of esters is 1. The number of carbonyl (C=O) groups excluding carboxylic acids is 1. The van der Waals surface area contributed by atoms with Crippen LogP contribution < -0.4 is 5.32 Å². The van der Waals surface area contributed by atoms with Crippen LogP contribution in [0.4, 0.5) is 5.69 Å². The lowest BCUT2D eigenvalue weighted by Gasteiger charge is -2.22. The molecule has 2 atom stereocenters. The van der Waals surface area contributed by atoms with E-state index >= 15 is 0 Å². The first-order valence-electron chi connectivity index (χ1n) is 6.12. The van der Waals surface area contributed by atoms with E-state index in [9.17, 15) is 4.79 Å². The van der Waals surface area contributed by atoms with Gasteiger partial charge in [0.2, 0.25) is 0 Å². The molecule has 0 aliphatic carbocycles. The van der Waals surface area contributed by atoms with Crippen LogP contribution in [0.5, 0.6) is 0 Å². The van der Waals surface area contributed by atoms with Gasteiger partial charge in [-0.25, -0.2) is 0 Å². The lowest BCUT2D eigenvalue weighted by Crippen LogP contribution is -2.31. The first kappa shape index (κ1) is 15.0. The van der Waals surface area contributed by atoms with Crippen LogP contribution in [-0.4, -0.2) is 19.1 Å². The predicted octanol–water partition coefficient (Wildman–Crippen LogP) is 3.62. The van der Waals surface area contributed by atoms with Crippen molar-refractivity contribution in [2.24, 2.45) is 5.92 Å². The monoisotopic (exact) mass is 313 g/mol. The molecule has 0 radical (unpaired) electrons. The summed E-state index contributed by atoms with van der Waals surface area (Å²) in [4.78, 5) is 11.5. The summed E-state index contributed by atoms with van der Waals surface area (Å²) in [7, 11) is 1.42. The van der Waals surface area contributed by atoms with Crippen LogP contribution >= 0.6 is 15.9 Å². The molecule has 3 nitrogen and oxygen atoms in total. The van der Waals surface area contributed by atoms with E-state index in [1.807, 2.05) is 26.0 Å². The van der Waals surface area contributed by atoms with Crippen LogP contribution in [0.2, 0.25) is 0 Å². The van der Waals surface area contributed by atoms with Crippen LogP contribution in [0.25, 0.3) is 0 Å². The topological polar surface area (TPSA) is 38.3 Å². The highest BCUT2D eigenvalue weighted by Gasteiger charge is 2.21. The molecule has 0 aromatic heterocycles. The number of carbonyl (C=O) groups is 1. The van der Waals surface area contributed by atoms with E-state index in [1.54, 1.807) is 0 Å². The molecule has 0 bridgehead atoms. The number of rotatable bonds is 5. The molecule has 2 unspecified atom stereocenters. The molecule has 0 spiro atoms. The molecule has 0 amide bonds. The highest BCUT2D eigenvalue weighted by molar-refractivity contribution is 9.10. The Hall–Kier alpha value is -1.03. The summed E-state index contributed by atoms with van der Waals surface area (Å²) >= 11 is 3.46. The molecule has 0 saturated carbocycles. The van der Waals surface area contributed by atoms with Crippen molar-refractivity contribution in [3.8, 4) is 0 Å². The Balaban J connectivity index is 2.81. The van der Waals surface area contributed by atoms with Gasteiger partial charge in [-0.3, -0.25) is 4.79 Å². The van der Waals surface area contributed by atoms with Crippen LogP contribution in [0, 0.1) is 5.92 Å². The van der Waals surface area contributed by atoms with E-state index in [1.165, 1.54) is 12.7 Å². The zero-order valence-electron chi connectivity index (χ0n) is 11.3. The van der Waals surface area contributed by atoms with Gasteiger partial charge in [-0.15, -0.1) is 0 Å². The Morgan fingerprint density at radius 1 is 1.44 bits per heavy atom. The summed E-state index contributed by atoms with van der Waals surface area (Å²) in [5.41, 5.74) is 2.30. The van der Waals surface area contributed by atoms with Crippen LogP contribution in [0.3, 0.4) is 0 Å². The normalized spacial score (nSPS) is 13.8. The fourth-order valence-electron chi connectivity index (χ4n) is 1.76. The van der Waals surface area contributed by atoms with Gasteiger partial charge in [0.05, 0.1) is 13.0 Å². The van der Waals surface area contributed by atoms with Gasteiger partial charge in [-0.05, 0) is 44.0 Å². The van der Waals surface area contributed by atoms with Crippen molar-refractivity contribution in [1.29, 1.82) is 0 Å². The average molecular weight is 314 g/mol. The van der Waals surface area contributed by atoms with Crippen LogP contribution in [0.1, 0.15) is 26.3 Å². The molecule has 0 aliphatic heterocycles. The molecule has 1 N–H and O–H groups in total. The molecule has 1 aromatic carbocycles. The predicted molar refractivity (Wildman–Crippen MR) is 77.8 cm³/mol. The first-order chi connectivity index (χ1) is 8.49. The Kier molecular flexibility index (Phi) is 5.66. The fourth-order valence-corrected chi connectivity index (χ4v) is 2.16. The van der Waals surface area contributed by atoms with Gasteiger partial charge in [-0.1, -0.05) is 22.9 Å². The fraction of sp³-hybridized carbons (Fsp3) is 0.500. The van der Waals surface area contributed by atoms with E-state index in [0.717, 1.165) is 16.6 Å². The SMILES string of the molecule is CCc1cc(Br)ccc1NC(C)C(C)C(=O)OC. The molecule has 100 valence electrons. The zero-order valence-corrected chi connectivity index (χ0v) is 12.9. The van der Waals surface area contributed by atoms with Gasteiger partial charge >= 0.3 is 5.97 Å². The summed E-state index contributed by atoms with van der Waals surface area (Å²) in [5.74, 6) is -0.367. The molecule has 18 heavy (non-hydrogen) atoms. The number of benzene rings is 1. The lowest BCUT2D eigenvalue weighted by molar-refractivity contribution is -0.145. The maximum absolute atomic E-state index is 11.5. The van der Waals surface area contributed by atoms with Crippen LogP contribution in [0.15, 0.2) is 22.7 Å². The second-order valence-electron chi connectivity index (χ2n) is 4.40. The maximum Gasteiger partial charge on any atom is 0.310 e. The Labute approximate surface area is 117 Å². The van der Waals surface area contributed by atoms with Crippen molar-refractivity contribution in [2.75, 3.05) is 12.4 Å². The standard InChI is InChI=1S/C14H20BrNO2/c1-5-11-8-12(15)6-7-13(11)16-10(3)9(2)14(17)18-4/h6-10,16H,5H2,1-4H3. The number of anilines is 1. The molecule has 1 aromatic rings. The molecule has 0 saturated heterocycles. The summed E-state index contributed by atoms with van der Waals surface area (Å²) < 4.78 is 5.83. The summed E-state index contributed by atoms with van der Waals surface area (Å²) in [5, 5.41) is 3.38. The van der Waals surface area contributed by atoms with Crippen molar-refractivity contribution in [3.05, 3.63) is 28.2 Å². The van der Waals surface area contributed by atoms with E-state index in [-0.39, 0.29) is 17.9 Å². The highest BCUT2D eigenvalue weighted by Crippen LogP contribution is 2.23. The molecule has 0 aliphatic rings. The van der Waals surface area contributed by atoms with Crippen molar-refractivity contribution in [3.63, 3.8) is 0 Å². The summed E-state index contributed by atoms with van der Waals surface area (Å²) in [6, 6.07) is 6.15. The lowest BCUT2D eigenvalue weighted by atomic mass is 10.0. The van der Waals surface area contributed by atoms with E-state index in [0.29, 0.717) is 0 Å². The van der Waals surface area contributed by atoms with Gasteiger partial charge in [0.15, 0.2) is 0 Å². The van der Waals surface area contributed by atoms with Crippen molar-refractivity contribution < 1.29 is 9.53 Å². The number of methoxy groups -OCH3 is 1. The Morgan fingerprint density at radius 2 is 2.11 bits per heavy atom. The van der Waals surface area contributed by atoms with Crippen molar-refractivity contribution in [1.82, 2.24) is 0 Å². The zero-order chi connectivity index (χ0) is 13.7. The summed E-state index contributed by atoms with van der Waals surface area (Å²) in [6.45, 7) is 5.97. The highest BCUT2D eigenvalue weighted by atomic mass is 79.9. The van der Waals surface area contributed by atoms with Crippen LogP contribution in [-0.2, 0) is 16.0 Å². The number of hydrogen-bond acceptors (Lipinski definition) is 3. The van der Waals surface area contributed by atoms with Gasteiger partial charge in [0.1, 0.15) is 0 Å². The third kappa shape index (κ3) is 3.73. The van der Waals surface area contributed by atoms with E-state index in [4.69, 9.17) is 4.74 Å². The van der Waals surface area contributed by atoms with Gasteiger partial charge in [-0.2, -0.15) is 0 Å². The molecule has 4 heteroatoms. The Morgan fingerprint density at radius 3 is 2.67 bits per heavy atom. The van der Waals surface area contributed by atoms with E-state index in [2.05, 4.69) is 34.2 Å². The molecule has 1 rings (SSSR count). The maximum atomic E-state index is 11.5. The second-order valence-corrected chi connectivity index (χ2v) is 5.32.